The Balaban J connectivity index is 1.52. The molecule has 4 heteroatoms. The Morgan fingerprint density at radius 2 is 2.00 bits per heavy atom. The topological polar surface area (TPSA) is 50.4 Å². The number of carbonyl (C=O) groups is 1. The van der Waals surface area contributed by atoms with Gasteiger partial charge in [-0.3, -0.25) is 4.79 Å². The lowest BCUT2D eigenvalue weighted by Crippen LogP contribution is -2.28. The molecule has 1 saturated heterocycles. The lowest BCUT2D eigenvalue weighted by atomic mass is 9.91. The number of carbonyl (C=O) groups excluding carboxylic acids is 1. The van der Waals surface area contributed by atoms with Crippen molar-refractivity contribution in [3.05, 3.63) is 65.2 Å². The molecular formula is C21H26N2O2. The van der Waals surface area contributed by atoms with E-state index in [0.717, 1.165) is 30.8 Å². The number of hydrogen-bond acceptors (Lipinski definition) is 3. The van der Waals surface area contributed by atoms with Gasteiger partial charge in [0.2, 0.25) is 0 Å². The molecule has 4 nitrogen and oxygen atoms in total. The summed E-state index contributed by atoms with van der Waals surface area (Å²) in [6, 6.07) is 15.9. The van der Waals surface area contributed by atoms with E-state index in [-0.39, 0.29) is 5.91 Å². The van der Waals surface area contributed by atoms with Crippen LogP contribution in [0.4, 0.5) is 0 Å². The summed E-state index contributed by atoms with van der Waals surface area (Å²) in [6.07, 6.45) is 3.19. The molecule has 0 aromatic heterocycles. The third-order valence-electron chi connectivity index (χ3n) is 4.81. The van der Waals surface area contributed by atoms with E-state index in [1.807, 2.05) is 36.4 Å². The van der Waals surface area contributed by atoms with Crippen LogP contribution in [0.15, 0.2) is 48.5 Å². The molecule has 0 spiro atoms. The van der Waals surface area contributed by atoms with E-state index in [2.05, 4.69) is 22.8 Å². The lowest BCUT2D eigenvalue weighted by Gasteiger charge is -2.23. The molecule has 132 valence electrons. The molecule has 1 atom stereocenters. The largest absolute Gasteiger partial charge is 0.496 e. The fourth-order valence-electron chi connectivity index (χ4n) is 3.37. The van der Waals surface area contributed by atoms with E-state index in [9.17, 15) is 4.79 Å². The quantitative estimate of drug-likeness (QED) is 0.851. The van der Waals surface area contributed by atoms with Crippen LogP contribution < -0.4 is 15.4 Å². The molecule has 0 unspecified atom stereocenters. The van der Waals surface area contributed by atoms with Crippen molar-refractivity contribution in [2.45, 2.75) is 25.2 Å². The second-order valence-corrected chi connectivity index (χ2v) is 6.48. The second-order valence-electron chi connectivity index (χ2n) is 6.48. The zero-order valence-electron chi connectivity index (χ0n) is 14.8. The van der Waals surface area contributed by atoms with Crippen molar-refractivity contribution in [1.82, 2.24) is 10.6 Å². The van der Waals surface area contributed by atoms with Crippen LogP contribution in [-0.2, 0) is 6.42 Å². The van der Waals surface area contributed by atoms with Crippen molar-refractivity contribution < 1.29 is 9.53 Å². The molecule has 2 aromatic carbocycles. The third kappa shape index (κ3) is 4.60. The Hall–Kier alpha value is -2.33. The Labute approximate surface area is 149 Å². The summed E-state index contributed by atoms with van der Waals surface area (Å²) in [7, 11) is 1.67. The number of hydrogen-bond donors (Lipinski definition) is 2. The van der Waals surface area contributed by atoms with Gasteiger partial charge in [-0.1, -0.05) is 30.3 Å². The van der Waals surface area contributed by atoms with Gasteiger partial charge < -0.3 is 15.4 Å². The minimum Gasteiger partial charge on any atom is -0.496 e. The van der Waals surface area contributed by atoms with Gasteiger partial charge in [0.25, 0.3) is 5.91 Å². The Morgan fingerprint density at radius 3 is 2.72 bits per heavy atom. The molecule has 1 aliphatic rings. The van der Waals surface area contributed by atoms with Crippen LogP contribution in [-0.4, -0.2) is 32.7 Å². The molecule has 0 radical (unpaired) electrons. The molecule has 0 bridgehead atoms. The van der Waals surface area contributed by atoms with Gasteiger partial charge in [0, 0.05) is 18.7 Å². The minimum absolute atomic E-state index is 0.0248. The first kappa shape index (κ1) is 17.5. The average Bonchev–Trinajstić information content (AvgIpc) is 2.69. The molecule has 2 aromatic rings. The highest BCUT2D eigenvalue weighted by Gasteiger charge is 2.15. The van der Waals surface area contributed by atoms with Crippen LogP contribution in [0.25, 0.3) is 0 Å². The molecule has 1 fully saturated rings. The highest BCUT2D eigenvalue weighted by Crippen LogP contribution is 2.23. The summed E-state index contributed by atoms with van der Waals surface area (Å²) in [4.78, 5) is 12.3. The second kappa shape index (κ2) is 8.67. The molecule has 25 heavy (non-hydrogen) atoms. The number of nitrogens with one attached hydrogen (secondary N) is 2. The van der Waals surface area contributed by atoms with Crippen LogP contribution in [0.1, 0.15) is 40.2 Å². The third-order valence-corrected chi connectivity index (χ3v) is 4.81. The van der Waals surface area contributed by atoms with Crippen molar-refractivity contribution >= 4 is 5.91 Å². The Morgan fingerprint density at radius 1 is 1.20 bits per heavy atom. The molecule has 3 rings (SSSR count). The van der Waals surface area contributed by atoms with E-state index in [4.69, 9.17) is 4.74 Å². The smallest absolute Gasteiger partial charge is 0.251 e. The maximum atomic E-state index is 12.3. The fourth-order valence-corrected chi connectivity index (χ4v) is 3.37. The predicted octanol–water partition coefficient (Wildman–Crippen LogP) is 3.13. The summed E-state index contributed by atoms with van der Waals surface area (Å²) < 4.78 is 5.34. The van der Waals surface area contributed by atoms with Crippen LogP contribution >= 0.6 is 0 Å². The number of amides is 1. The molecule has 1 amide bonds. The fraction of sp³-hybridized carbons (Fsp3) is 0.381. The zero-order valence-corrected chi connectivity index (χ0v) is 14.8. The van der Waals surface area contributed by atoms with Gasteiger partial charge in [0.1, 0.15) is 5.75 Å². The van der Waals surface area contributed by atoms with Gasteiger partial charge in [0.05, 0.1) is 7.11 Å². The summed E-state index contributed by atoms with van der Waals surface area (Å²) in [5.41, 5.74) is 3.13. The predicted molar refractivity (Wildman–Crippen MR) is 100 cm³/mol. The first-order valence-electron chi connectivity index (χ1n) is 8.98. The molecule has 1 heterocycles. The highest BCUT2D eigenvalue weighted by molar-refractivity contribution is 5.94. The normalized spacial score (nSPS) is 17.1. The van der Waals surface area contributed by atoms with E-state index < -0.39 is 0 Å². The van der Waals surface area contributed by atoms with Crippen molar-refractivity contribution in [1.29, 1.82) is 0 Å². The Kier molecular flexibility index (Phi) is 6.07. The molecule has 0 saturated carbocycles. The van der Waals surface area contributed by atoms with E-state index in [1.54, 1.807) is 7.11 Å². The standard InChI is InChI=1S/C21H26N2O2/c1-25-20-7-3-2-5-17(20)12-14-23-21(24)18-10-8-16(9-11-18)19-6-4-13-22-15-19/h2-3,5,7-11,19,22H,4,6,12-15H2,1H3,(H,23,24)/t19-/m0/s1. The minimum atomic E-state index is -0.0248. The number of para-hydroxylation sites is 1. The van der Waals surface area contributed by atoms with E-state index >= 15 is 0 Å². The monoisotopic (exact) mass is 338 g/mol. The summed E-state index contributed by atoms with van der Waals surface area (Å²) in [6.45, 7) is 2.74. The van der Waals surface area contributed by atoms with Crippen molar-refractivity contribution in [3.63, 3.8) is 0 Å². The van der Waals surface area contributed by atoms with Gasteiger partial charge in [-0.15, -0.1) is 0 Å². The molecular weight excluding hydrogens is 312 g/mol. The average molecular weight is 338 g/mol. The summed E-state index contributed by atoms with van der Waals surface area (Å²) in [5.74, 6) is 1.40. The first-order chi connectivity index (χ1) is 12.3. The van der Waals surface area contributed by atoms with Gasteiger partial charge >= 0.3 is 0 Å². The van der Waals surface area contributed by atoms with Gasteiger partial charge in [-0.25, -0.2) is 0 Å². The van der Waals surface area contributed by atoms with Crippen molar-refractivity contribution in [3.8, 4) is 5.75 Å². The number of ether oxygens (including phenoxy) is 1. The molecule has 1 aliphatic heterocycles. The number of piperidine rings is 1. The summed E-state index contributed by atoms with van der Waals surface area (Å²) in [5, 5.41) is 6.42. The van der Waals surface area contributed by atoms with E-state index in [0.29, 0.717) is 18.0 Å². The molecule has 0 aliphatic carbocycles. The maximum absolute atomic E-state index is 12.3. The number of methoxy groups -OCH3 is 1. The number of rotatable bonds is 6. The van der Waals surface area contributed by atoms with Crippen molar-refractivity contribution in [2.75, 3.05) is 26.7 Å². The zero-order chi connectivity index (χ0) is 17.5. The lowest BCUT2D eigenvalue weighted by molar-refractivity contribution is 0.0954. The summed E-state index contributed by atoms with van der Waals surface area (Å²) >= 11 is 0. The SMILES string of the molecule is COc1ccccc1CCNC(=O)c1ccc([C@H]2CCCNC2)cc1. The Bertz CT molecular complexity index is 691. The van der Waals surface area contributed by atoms with Gasteiger partial charge in [-0.2, -0.15) is 0 Å². The van der Waals surface area contributed by atoms with Crippen LogP contribution in [0.2, 0.25) is 0 Å². The molecule has 2 N–H and O–H groups in total. The number of benzene rings is 2. The van der Waals surface area contributed by atoms with E-state index in [1.165, 1.54) is 18.4 Å². The van der Waals surface area contributed by atoms with Crippen molar-refractivity contribution in [2.24, 2.45) is 0 Å². The van der Waals surface area contributed by atoms with Gasteiger partial charge in [0.15, 0.2) is 0 Å². The highest BCUT2D eigenvalue weighted by atomic mass is 16.5. The van der Waals surface area contributed by atoms with Crippen LogP contribution in [0.3, 0.4) is 0 Å². The van der Waals surface area contributed by atoms with Crippen LogP contribution in [0.5, 0.6) is 5.75 Å². The van der Waals surface area contributed by atoms with Crippen LogP contribution in [0, 0.1) is 0 Å². The first-order valence-corrected chi connectivity index (χ1v) is 8.98. The maximum Gasteiger partial charge on any atom is 0.251 e. The van der Waals surface area contributed by atoms with Gasteiger partial charge in [-0.05, 0) is 61.1 Å².